The number of aliphatic hydroxyl groups is 1. The molecule has 19 heteroatoms. The first kappa shape index (κ1) is 101. The Morgan fingerprint density at radius 1 is 0.264 bits per heavy atom. The van der Waals surface area contributed by atoms with Gasteiger partial charge in [0, 0.05) is 25.7 Å². The van der Waals surface area contributed by atoms with Crippen molar-refractivity contribution < 1.29 is 80.2 Å². The number of unbranched alkanes of at least 4 members (excludes halogenated alkanes) is 32. The average molecular weight is 1530 g/mol. The molecule has 0 fully saturated rings. The van der Waals surface area contributed by atoms with Crippen LogP contribution in [0.15, 0.2) is 122 Å². The van der Waals surface area contributed by atoms with Gasteiger partial charge in [-0.05, 0) is 135 Å². The third-order valence-corrected chi connectivity index (χ3v) is 19.3. The molecule has 0 aromatic carbocycles. The molecule has 0 aromatic heterocycles. The topological polar surface area (TPSA) is 237 Å². The van der Waals surface area contributed by atoms with Crippen molar-refractivity contribution in [3.05, 3.63) is 122 Å². The summed E-state index contributed by atoms with van der Waals surface area (Å²) >= 11 is 0. The number of aliphatic hydroxyl groups excluding tert-OH is 1. The lowest BCUT2D eigenvalue weighted by Gasteiger charge is -2.21. The molecular weight excluding hydrogens is 1380 g/mol. The third-order valence-electron chi connectivity index (χ3n) is 17.4. The van der Waals surface area contributed by atoms with Crippen LogP contribution in [0.3, 0.4) is 0 Å². The van der Waals surface area contributed by atoms with E-state index in [0.717, 1.165) is 116 Å². The zero-order valence-electron chi connectivity index (χ0n) is 66.8. The van der Waals surface area contributed by atoms with Crippen molar-refractivity contribution in [3.8, 4) is 0 Å². The van der Waals surface area contributed by atoms with Crippen molar-refractivity contribution >= 4 is 39.5 Å². The second-order valence-electron chi connectivity index (χ2n) is 27.7. The number of phosphoric ester groups is 2. The van der Waals surface area contributed by atoms with Crippen LogP contribution in [0, 0.1) is 0 Å². The summed E-state index contributed by atoms with van der Waals surface area (Å²) in [6, 6.07) is 0. The highest BCUT2D eigenvalue weighted by Crippen LogP contribution is 2.45. The molecule has 0 aliphatic rings. The molecule has 0 aromatic rings. The lowest BCUT2D eigenvalue weighted by Crippen LogP contribution is -2.30. The van der Waals surface area contributed by atoms with Crippen molar-refractivity contribution in [1.82, 2.24) is 0 Å². The molecule has 2 unspecified atom stereocenters. The fourth-order valence-electron chi connectivity index (χ4n) is 11.0. The molecule has 3 N–H and O–H groups in total. The van der Waals surface area contributed by atoms with Crippen LogP contribution < -0.4 is 0 Å². The first-order valence-electron chi connectivity index (χ1n) is 41.8. The molecule has 0 spiro atoms. The van der Waals surface area contributed by atoms with Gasteiger partial charge in [-0.3, -0.25) is 37.3 Å². The van der Waals surface area contributed by atoms with E-state index in [4.69, 9.17) is 37.0 Å². The SMILES string of the molecule is CCCCC/C=C\C/C=C\C/C=C\C/C=C\CCCC(=O)OC[C@H](COP(=O)(O)OC[C@@H](O)COP(=O)(O)OC[C@@H](COC(=O)CCCCCCCCCCCCCCCCCCC)OC(=O)CCCCCCC/C=C\C/C=C\CCCCC)OC(=O)CCC/C=C\C/C=C\C/C=C\C/C=C\CCCCC. The number of rotatable bonds is 78. The van der Waals surface area contributed by atoms with E-state index < -0.39 is 97.5 Å². The van der Waals surface area contributed by atoms with Crippen LogP contribution in [-0.4, -0.2) is 96.7 Å². The van der Waals surface area contributed by atoms with Crippen LogP contribution in [0.1, 0.15) is 349 Å². The summed E-state index contributed by atoms with van der Waals surface area (Å²) in [7, 11) is -10.00. The molecule has 0 amide bonds. The van der Waals surface area contributed by atoms with Gasteiger partial charge < -0.3 is 33.8 Å². The number of hydrogen-bond acceptors (Lipinski definition) is 15. The number of allylic oxidation sites excluding steroid dienone is 20. The number of hydrogen-bond donors (Lipinski definition) is 3. The van der Waals surface area contributed by atoms with Crippen LogP contribution in [0.4, 0.5) is 0 Å². The highest BCUT2D eigenvalue weighted by molar-refractivity contribution is 7.47. The van der Waals surface area contributed by atoms with Crippen LogP contribution in [-0.2, 0) is 65.4 Å². The van der Waals surface area contributed by atoms with Crippen LogP contribution in [0.2, 0.25) is 0 Å². The van der Waals surface area contributed by atoms with Gasteiger partial charge in [-0.1, -0.05) is 310 Å². The van der Waals surface area contributed by atoms with Gasteiger partial charge in [-0.2, -0.15) is 0 Å². The number of phosphoric acid groups is 2. The number of carbonyl (C=O) groups excluding carboxylic acids is 4. The molecule has 0 rings (SSSR count). The zero-order valence-corrected chi connectivity index (χ0v) is 68.6. The molecule has 5 atom stereocenters. The summed E-state index contributed by atoms with van der Waals surface area (Å²) in [5.74, 6) is -2.31. The number of ether oxygens (including phenoxy) is 4. The normalized spacial score (nSPS) is 14.4. The van der Waals surface area contributed by atoms with Gasteiger partial charge in [0.05, 0.1) is 26.4 Å². The predicted molar refractivity (Wildman–Crippen MR) is 436 cm³/mol. The van der Waals surface area contributed by atoms with E-state index in [9.17, 15) is 43.2 Å². The average Bonchev–Trinajstić information content (AvgIpc) is 0.902. The third kappa shape index (κ3) is 77.6. The summed E-state index contributed by atoms with van der Waals surface area (Å²) < 4.78 is 68.6. The molecule has 17 nitrogen and oxygen atoms in total. The molecular formula is C87H150O17P2. The van der Waals surface area contributed by atoms with Gasteiger partial charge in [0.15, 0.2) is 12.2 Å². The molecule has 0 saturated carbocycles. The summed E-state index contributed by atoms with van der Waals surface area (Å²) in [4.78, 5) is 73.1. The van der Waals surface area contributed by atoms with Crippen molar-refractivity contribution in [3.63, 3.8) is 0 Å². The molecule has 106 heavy (non-hydrogen) atoms. The summed E-state index contributed by atoms with van der Waals surface area (Å²) in [6.07, 6.45) is 87.5. The molecule has 0 aliphatic carbocycles. The Bertz CT molecular complexity index is 2480. The van der Waals surface area contributed by atoms with Gasteiger partial charge in [-0.25, -0.2) is 9.13 Å². The smallest absolute Gasteiger partial charge is 0.462 e. The molecule has 0 aliphatic heterocycles. The number of carbonyl (C=O) groups is 4. The van der Waals surface area contributed by atoms with Gasteiger partial charge in [0.1, 0.15) is 19.3 Å². The Hall–Kier alpha value is -4.54. The maximum absolute atomic E-state index is 13.1. The second-order valence-corrected chi connectivity index (χ2v) is 30.6. The fraction of sp³-hybridized carbons (Fsp3) is 0.724. The minimum atomic E-state index is -5.01. The monoisotopic (exact) mass is 1530 g/mol. The maximum Gasteiger partial charge on any atom is 0.472 e. The summed E-state index contributed by atoms with van der Waals surface area (Å²) in [6.45, 7) is 4.70. The Kier molecular flexibility index (Phi) is 75.2. The Balaban J connectivity index is 5.46. The van der Waals surface area contributed by atoms with E-state index in [0.29, 0.717) is 38.5 Å². The molecule has 0 bridgehead atoms. The van der Waals surface area contributed by atoms with Crippen molar-refractivity contribution in [2.45, 2.75) is 367 Å². The minimum Gasteiger partial charge on any atom is -0.462 e. The van der Waals surface area contributed by atoms with Gasteiger partial charge in [-0.15, -0.1) is 0 Å². The number of esters is 4. The second kappa shape index (κ2) is 78.6. The predicted octanol–water partition coefficient (Wildman–Crippen LogP) is 24.7. The first-order chi connectivity index (χ1) is 51.7. The quantitative estimate of drug-likeness (QED) is 0.0169. The highest BCUT2D eigenvalue weighted by atomic mass is 31.2. The van der Waals surface area contributed by atoms with E-state index in [2.05, 4.69) is 125 Å². The van der Waals surface area contributed by atoms with Gasteiger partial charge >= 0.3 is 39.5 Å². The Labute approximate surface area is 644 Å². The van der Waals surface area contributed by atoms with E-state index in [1.54, 1.807) is 0 Å². The zero-order chi connectivity index (χ0) is 77.4. The molecule has 0 saturated heterocycles. The largest absolute Gasteiger partial charge is 0.472 e. The summed E-state index contributed by atoms with van der Waals surface area (Å²) in [5, 5.41) is 10.7. The first-order valence-corrected chi connectivity index (χ1v) is 44.8. The molecule has 0 heterocycles. The van der Waals surface area contributed by atoms with E-state index in [1.807, 2.05) is 24.3 Å². The fourth-order valence-corrected chi connectivity index (χ4v) is 12.6. The van der Waals surface area contributed by atoms with E-state index in [1.165, 1.54) is 141 Å². The van der Waals surface area contributed by atoms with Gasteiger partial charge in [0.25, 0.3) is 0 Å². The van der Waals surface area contributed by atoms with Crippen molar-refractivity contribution in [1.29, 1.82) is 0 Å². The molecule has 0 radical (unpaired) electrons. The van der Waals surface area contributed by atoms with Crippen molar-refractivity contribution in [2.75, 3.05) is 39.6 Å². The maximum atomic E-state index is 13.1. The van der Waals surface area contributed by atoms with Crippen LogP contribution in [0.25, 0.3) is 0 Å². The minimum absolute atomic E-state index is 0.00531. The van der Waals surface area contributed by atoms with Crippen molar-refractivity contribution in [2.24, 2.45) is 0 Å². The Morgan fingerprint density at radius 3 is 0.774 bits per heavy atom. The summed E-state index contributed by atoms with van der Waals surface area (Å²) in [5.41, 5.74) is 0. The Morgan fingerprint density at radius 2 is 0.472 bits per heavy atom. The standard InChI is InChI=1S/C87H150O17P2/c1-5-9-13-17-21-25-29-33-37-40-44-47-51-55-59-63-67-71-84(89)97-77-82(103-86(91)73-69-65-61-57-53-49-43-36-32-28-24-20-16-12-8-4)79-101-105(93,94)99-75-81(88)76-100-106(95,96)102-80-83(104-87(92)74-70-66-62-58-54-50-46-42-39-35-31-27-23-19-15-11-7-3)78-98-85(90)72-68-64-60-56-52-48-45-41-38-34-30-26-22-18-14-10-6-2/h22-24,26-28,34-36,38-39,43,45-46,48,50,56,58,60,62,81-83,88H,5-21,25,29-33,37,40-42,44,47,49,51-55,57,59,61,63-80H2,1-4H3,(H,93,94)(H,95,96)/b26-22-,27-23-,28-24-,38-34-,39-35-,43-36-,48-45-,50-46-,60-56-,62-58-/t81-,82+,83+/m0/s1. The highest BCUT2D eigenvalue weighted by Gasteiger charge is 2.30. The van der Waals surface area contributed by atoms with E-state index >= 15 is 0 Å². The molecule has 610 valence electrons. The van der Waals surface area contributed by atoms with E-state index in [-0.39, 0.29) is 25.7 Å². The van der Waals surface area contributed by atoms with Gasteiger partial charge in [0.2, 0.25) is 0 Å². The van der Waals surface area contributed by atoms with Crippen LogP contribution >= 0.6 is 15.6 Å². The lowest BCUT2D eigenvalue weighted by molar-refractivity contribution is -0.161. The van der Waals surface area contributed by atoms with Crippen LogP contribution in [0.5, 0.6) is 0 Å². The lowest BCUT2D eigenvalue weighted by atomic mass is 10.0.